The maximum absolute atomic E-state index is 12.1. The first-order chi connectivity index (χ1) is 11.6. The molecule has 0 aliphatic carbocycles. The minimum atomic E-state index is -0.171. The van der Waals surface area contributed by atoms with Crippen LogP contribution in [0.3, 0.4) is 0 Å². The molecule has 0 bridgehead atoms. The summed E-state index contributed by atoms with van der Waals surface area (Å²) in [5, 5.41) is 5.59. The SMILES string of the molecule is Cc1c(Cl)cccc1NC(=O)/C=C/c1cc(-c2ccccc2)cs1. The Bertz CT molecular complexity index is 884. The Balaban J connectivity index is 1.69. The molecule has 0 aliphatic heterocycles. The van der Waals surface area contributed by atoms with Crippen molar-refractivity contribution in [2.24, 2.45) is 0 Å². The Hall–Kier alpha value is -2.36. The van der Waals surface area contributed by atoms with Crippen molar-refractivity contribution < 1.29 is 4.79 Å². The number of halogens is 1. The van der Waals surface area contributed by atoms with Gasteiger partial charge in [-0.25, -0.2) is 0 Å². The van der Waals surface area contributed by atoms with Crippen LogP contribution in [0, 0.1) is 6.92 Å². The first kappa shape index (κ1) is 16.5. The van der Waals surface area contributed by atoms with Crippen molar-refractivity contribution in [3.05, 3.63) is 81.5 Å². The van der Waals surface area contributed by atoms with Crippen molar-refractivity contribution in [3.63, 3.8) is 0 Å². The van der Waals surface area contributed by atoms with Gasteiger partial charge < -0.3 is 5.32 Å². The molecule has 0 saturated carbocycles. The molecule has 0 fully saturated rings. The minimum absolute atomic E-state index is 0.171. The monoisotopic (exact) mass is 353 g/mol. The van der Waals surface area contributed by atoms with Gasteiger partial charge in [0.05, 0.1) is 0 Å². The zero-order valence-corrected chi connectivity index (χ0v) is 14.7. The number of thiophene rings is 1. The lowest BCUT2D eigenvalue weighted by molar-refractivity contribution is -0.111. The van der Waals surface area contributed by atoms with E-state index in [0.717, 1.165) is 21.7 Å². The molecule has 1 aromatic heterocycles. The van der Waals surface area contributed by atoms with E-state index in [2.05, 4.69) is 28.9 Å². The van der Waals surface area contributed by atoms with Crippen molar-refractivity contribution >= 4 is 40.6 Å². The number of hydrogen-bond acceptors (Lipinski definition) is 2. The molecule has 3 rings (SSSR count). The van der Waals surface area contributed by atoms with Gasteiger partial charge in [0.25, 0.3) is 0 Å². The van der Waals surface area contributed by atoms with Gasteiger partial charge in [-0.3, -0.25) is 4.79 Å². The average Bonchev–Trinajstić information content (AvgIpc) is 3.07. The van der Waals surface area contributed by atoms with E-state index in [1.165, 1.54) is 5.56 Å². The summed E-state index contributed by atoms with van der Waals surface area (Å²) in [4.78, 5) is 13.1. The maximum Gasteiger partial charge on any atom is 0.248 e. The van der Waals surface area contributed by atoms with Gasteiger partial charge >= 0.3 is 0 Å². The Kier molecular flexibility index (Phi) is 5.14. The van der Waals surface area contributed by atoms with E-state index in [1.807, 2.05) is 43.3 Å². The van der Waals surface area contributed by atoms with Gasteiger partial charge in [0, 0.05) is 21.7 Å². The second kappa shape index (κ2) is 7.47. The number of nitrogens with one attached hydrogen (secondary N) is 1. The summed E-state index contributed by atoms with van der Waals surface area (Å²) >= 11 is 7.67. The smallest absolute Gasteiger partial charge is 0.248 e. The van der Waals surface area contributed by atoms with Crippen LogP contribution in [0.4, 0.5) is 5.69 Å². The quantitative estimate of drug-likeness (QED) is 0.570. The fourth-order valence-corrected chi connectivity index (χ4v) is 3.28. The van der Waals surface area contributed by atoms with Crippen molar-refractivity contribution in [1.82, 2.24) is 0 Å². The summed E-state index contributed by atoms with van der Waals surface area (Å²) in [6.07, 6.45) is 3.37. The lowest BCUT2D eigenvalue weighted by Crippen LogP contribution is -2.08. The minimum Gasteiger partial charge on any atom is -0.322 e. The van der Waals surface area contributed by atoms with Crippen LogP contribution in [0.25, 0.3) is 17.2 Å². The first-order valence-corrected chi connectivity index (χ1v) is 8.77. The highest BCUT2D eigenvalue weighted by Gasteiger charge is 2.05. The fourth-order valence-electron chi connectivity index (χ4n) is 2.30. The number of rotatable bonds is 4. The number of carbonyl (C=O) groups excluding carboxylic acids is 1. The molecule has 0 spiro atoms. The number of carbonyl (C=O) groups is 1. The number of hydrogen-bond donors (Lipinski definition) is 1. The molecule has 2 nitrogen and oxygen atoms in total. The Labute approximate surface area is 150 Å². The normalized spacial score (nSPS) is 10.9. The topological polar surface area (TPSA) is 29.1 Å². The highest BCUT2D eigenvalue weighted by molar-refractivity contribution is 7.11. The van der Waals surface area contributed by atoms with Crippen molar-refractivity contribution in [2.45, 2.75) is 6.92 Å². The van der Waals surface area contributed by atoms with Crippen molar-refractivity contribution in [1.29, 1.82) is 0 Å². The predicted octanol–water partition coefficient (Wildman–Crippen LogP) is 6.03. The van der Waals surface area contributed by atoms with Gasteiger partial charge in [0.1, 0.15) is 0 Å². The first-order valence-electron chi connectivity index (χ1n) is 7.51. The molecule has 2 aromatic carbocycles. The third kappa shape index (κ3) is 3.94. The number of benzene rings is 2. The van der Waals surface area contributed by atoms with Crippen LogP contribution in [0.2, 0.25) is 5.02 Å². The van der Waals surface area contributed by atoms with Gasteiger partial charge in [0.2, 0.25) is 5.91 Å². The molecule has 1 heterocycles. The standard InChI is InChI=1S/C20H16ClNOS/c1-14-18(21)8-5-9-19(14)22-20(23)11-10-17-12-16(13-24-17)15-6-3-2-4-7-15/h2-13H,1H3,(H,22,23)/b11-10+. The molecule has 0 unspecified atom stereocenters. The summed E-state index contributed by atoms with van der Waals surface area (Å²) in [6, 6.07) is 17.7. The second-order valence-electron chi connectivity index (χ2n) is 5.34. The maximum atomic E-state index is 12.1. The third-order valence-corrected chi connectivity index (χ3v) is 4.96. The Morgan fingerprint density at radius 2 is 1.88 bits per heavy atom. The van der Waals surface area contributed by atoms with Gasteiger partial charge in [0.15, 0.2) is 0 Å². The molecule has 0 radical (unpaired) electrons. The summed E-state index contributed by atoms with van der Waals surface area (Å²) < 4.78 is 0. The third-order valence-electron chi connectivity index (χ3n) is 3.65. The van der Waals surface area contributed by atoms with E-state index in [9.17, 15) is 4.79 Å². The van der Waals surface area contributed by atoms with Crippen LogP contribution in [0.15, 0.2) is 66.1 Å². The lowest BCUT2D eigenvalue weighted by Gasteiger charge is -2.07. The van der Waals surface area contributed by atoms with Crippen molar-refractivity contribution in [2.75, 3.05) is 5.32 Å². The fraction of sp³-hybridized carbons (Fsp3) is 0.0500. The summed E-state index contributed by atoms with van der Waals surface area (Å²) in [6.45, 7) is 1.88. The Morgan fingerprint density at radius 1 is 1.08 bits per heavy atom. The predicted molar refractivity (Wildman–Crippen MR) is 104 cm³/mol. The van der Waals surface area contributed by atoms with E-state index < -0.39 is 0 Å². The average molecular weight is 354 g/mol. The van der Waals surface area contributed by atoms with E-state index in [-0.39, 0.29) is 5.91 Å². The van der Waals surface area contributed by atoms with Crippen LogP contribution in [-0.4, -0.2) is 5.91 Å². The van der Waals surface area contributed by atoms with Crippen LogP contribution >= 0.6 is 22.9 Å². The summed E-state index contributed by atoms with van der Waals surface area (Å²) in [5.41, 5.74) is 3.93. The van der Waals surface area contributed by atoms with Crippen LogP contribution in [-0.2, 0) is 4.79 Å². The van der Waals surface area contributed by atoms with E-state index >= 15 is 0 Å². The van der Waals surface area contributed by atoms with E-state index in [4.69, 9.17) is 11.6 Å². The number of anilines is 1. The van der Waals surface area contributed by atoms with E-state index in [1.54, 1.807) is 23.5 Å². The van der Waals surface area contributed by atoms with Gasteiger partial charge in [-0.2, -0.15) is 0 Å². The Morgan fingerprint density at radius 3 is 2.67 bits per heavy atom. The van der Waals surface area contributed by atoms with Gasteiger partial charge in [-0.05, 0) is 53.3 Å². The molecule has 0 saturated heterocycles. The highest BCUT2D eigenvalue weighted by atomic mass is 35.5. The number of amides is 1. The molecule has 3 aromatic rings. The largest absolute Gasteiger partial charge is 0.322 e. The molecule has 0 aliphatic rings. The van der Waals surface area contributed by atoms with Crippen LogP contribution in [0.5, 0.6) is 0 Å². The van der Waals surface area contributed by atoms with E-state index in [0.29, 0.717) is 5.02 Å². The molecular weight excluding hydrogens is 338 g/mol. The molecule has 120 valence electrons. The molecule has 4 heteroatoms. The van der Waals surface area contributed by atoms with Crippen molar-refractivity contribution in [3.8, 4) is 11.1 Å². The van der Waals surface area contributed by atoms with Gasteiger partial charge in [-0.15, -0.1) is 11.3 Å². The summed E-state index contributed by atoms with van der Waals surface area (Å²) in [7, 11) is 0. The van der Waals surface area contributed by atoms with Crippen LogP contribution in [0.1, 0.15) is 10.4 Å². The van der Waals surface area contributed by atoms with Gasteiger partial charge in [-0.1, -0.05) is 48.0 Å². The summed E-state index contributed by atoms with van der Waals surface area (Å²) in [5.74, 6) is -0.171. The molecule has 1 N–H and O–H groups in total. The molecule has 1 amide bonds. The highest BCUT2D eigenvalue weighted by Crippen LogP contribution is 2.26. The molecule has 0 atom stereocenters. The van der Waals surface area contributed by atoms with Crippen LogP contribution < -0.4 is 5.32 Å². The zero-order chi connectivity index (χ0) is 16.9. The lowest BCUT2D eigenvalue weighted by atomic mass is 10.1. The molecular formula is C20H16ClNOS. The molecule has 24 heavy (non-hydrogen) atoms. The zero-order valence-electron chi connectivity index (χ0n) is 13.1. The second-order valence-corrected chi connectivity index (χ2v) is 6.69.